The van der Waals surface area contributed by atoms with Crippen molar-refractivity contribution in [3.8, 4) is 0 Å². The first-order chi connectivity index (χ1) is 8.58. The van der Waals surface area contributed by atoms with E-state index in [0.29, 0.717) is 23.0 Å². The summed E-state index contributed by atoms with van der Waals surface area (Å²) < 4.78 is 5.14. The van der Waals surface area contributed by atoms with Crippen LogP contribution in [-0.2, 0) is 6.54 Å². The van der Waals surface area contributed by atoms with Crippen LogP contribution in [0.1, 0.15) is 16.1 Å². The van der Waals surface area contributed by atoms with Crippen LogP contribution >= 0.6 is 23.2 Å². The van der Waals surface area contributed by atoms with Gasteiger partial charge < -0.3 is 14.8 Å². The van der Waals surface area contributed by atoms with Crippen LogP contribution in [0.15, 0.2) is 34.9 Å². The molecule has 1 aromatic heterocycles. The van der Waals surface area contributed by atoms with E-state index in [9.17, 15) is 4.79 Å². The molecule has 94 valence electrons. The number of anilines is 1. The Hall–Kier alpha value is -1.65. The summed E-state index contributed by atoms with van der Waals surface area (Å²) in [5, 5.41) is 12.5. The lowest BCUT2D eigenvalue weighted by Gasteiger charge is -2.09. The average molecular weight is 286 g/mol. The highest BCUT2D eigenvalue weighted by molar-refractivity contribution is 6.42. The molecule has 1 heterocycles. The Balaban J connectivity index is 2.25. The molecule has 0 atom stereocenters. The van der Waals surface area contributed by atoms with Gasteiger partial charge in [-0.25, -0.2) is 4.79 Å². The Labute approximate surface area is 113 Å². The summed E-state index contributed by atoms with van der Waals surface area (Å²) in [5.74, 6) is -0.382. The normalized spacial score (nSPS) is 10.3. The number of aromatic carboxylic acids is 1. The molecule has 2 N–H and O–H groups in total. The number of nitrogens with one attached hydrogen (secondary N) is 1. The van der Waals surface area contributed by atoms with E-state index < -0.39 is 5.97 Å². The summed E-state index contributed by atoms with van der Waals surface area (Å²) in [7, 11) is 0. The molecule has 0 amide bonds. The zero-order valence-electron chi connectivity index (χ0n) is 9.11. The molecule has 0 saturated carbocycles. The second-order valence-electron chi connectivity index (χ2n) is 3.55. The van der Waals surface area contributed by atoms with E-state index in [1.165, 1.54) is 12.1 Å². The molecule has 6 heteroatoms. The number of hydrogen-bond acceptors (Lipinski definition) is 3. The number of benzene rings is 1. The molecule has 0 aliphatic carbocycles. The summed E-state index contributed by atoms with van der Waals surface area (Å²) in [4.78, 5) is 11.1. The van der Waals surface area contributed by atoms with Crippen molar-refractivity contribution in [1.29, 1.82) is 0 Å². The highest BCUT2D eigenvalue weighted by Gasteiger charge is 2.13. The lowest BCUT2D eigenvalue weighted by Crippen LogP contribution is -2.06. The largest absolute Gasteiger partial charge is 0.478 e. The third-order valence-corrected chi connectivity index (χ3v) is 3.05. The zero-order chi connectivity index (χ0) is 13.1. The smallest absolute Gasteiger partial charge is 0.337 e. The Morgan fingerprint density at radius 2 is 2.06 bits per heavy atom. The van der Waals surface area contributed by atoms with Crippen molar-refractivity contribution in [2.75, 3.05) is 5.32 Å². The van der Waals surface area contributed by atoms with Crippen molar-refractivity contribution in [3.63, 3.8) is 0 Å². The summed E-state index contributed by atoms with van der Waals surface area (Å²) in [5.41, 5.74) is 0.462. The van der Waals surface area contributed by atoms with Crippen LogP contribution in [-0.4, -0.2) is 11.1 Å². The number of carboxylic acids is 1. The van der Waals surface area contributed by atoms with E-state index in [0.717, 1.165) is 0 Å². The molecule has 0 saturated heterocycles. The van der Waals surface area contributed by atoms with Gasteiger partial charge in [-0.15, -0.1) is 0 Å². The Morgan fingerprint density at radius 3 is 2.67 bits per heavy atom. The molecule has 0 spiro atoms. The van der Waals surface area contributed by atoms with Crippen molar-refractivity contribution in [1.82, 2.24) is 0 Å². The maximum Gasteiger partial charge on any atom is 0.337 e. The zero-order valence-corrected chi connectivity index (χ0v) is 10.6. The number of carboxylic acid groups (broad SMARTS) is 1. The van der Waals surface area contributed by atoms with Gasteiger partial charge in [-0.05, 0) is 24.3 Å². The Bertz CT molecular complexity index is 567. The lowest BCUT2D eigenvalue weighted by molar-refractivity contribution is 0.0698. The number of carbonyl (C=O) groups is 1. The molecule has 0 aliphatic rings. The van der Waals surface area contributed by atoms with E-state index in [1.807, 2.05) is 0 Å². The quantitative estimate of drug-likeness (QED) is 0.894. The topological polar surface area (TPSA) is 62.5 Å². The predicted molar refractivity (Wildman–Crippen MR) is 69.5 cm³/mol. The predicted octanol–water partition coefficient (Wildman–Crippen LogP) is 3.90. The summed E-state index contributed by atoms with van der Waals surface area (Å²) in [6.07, 6.45) is 1.55. The first kappa shape index (κ1) is 12.8. The average Bonchev–Trinajstić information content (AvgIpc) is 2.83. The number of halogens is 2. The molecule has 0 unspecified atom stereocenters. The van der Waals surface area contributed by atoms with Gasteiger partial charge in [0, 0.05) is 0 Å². The van der Waals surface area contributed by atoms with E-state index in [-0.39, 0.29) is 10.6 Å². The van der Waals surface area contributed by atoms with Crippen molar-refractivity contribution in [3.05, 3.63) is 51.9 Å². The monoisotopic (exact) mass is 285 g/mol. The van der Waals surface area contributed by atoms with Crippen LogP contribution in [0.4, 0.5) is 5.69 Å². The van der Waals surface area contributed by atoms with Gasteiger partial charge in [-0.2, -0.15) is 0 Å². The SMILES string of the molecule is O=C(O)c1cc(Cl)c(Cl)cc1NCc1ccco1. The fraction of sp³-hybridized carbons (Fsp3) is 0.0833. The van der Waals surface area contributed by atoms with Gasteiger partial charge in [0.25, 0.3) is 0 Å². The highest BCUT2D eigenvalue weighted by Crippen LogP contribution is 2.29. The van der Waals surface area contributed by atoms with Crippen molar-refractivity contribution in [2.24, 2.45) is 0 Å². The first-order valence-electron chi connectivity index (χ1n) is 5.06. The maximum atomic E-state index is 11.1. The van der Waals surface area contributed by atoms with Gasteiger partial charge in [0.15, 0.2) is 0 Å². The molecular weight excluding hydrogens is 277 g/mol. The molecule has 0 aliphatic heterocycles. The maximum absolute atomic E-state index is 11.1. The van der Waals surface area contributed by atoms with Crippen LogP contribution in [0.2, 0.25) is 10.0 Å². The molecule has 4 nitrogen and oxygen atoms in total. The molecule has 0 radical (unpaired) electrons. The van der Waals surface area contributed by atoms with Gasteiger partial charge in [0.05, 0.1) is 34.1 Å². The molecule has 0 bridgehead atoms. The molecule has 18 heavy (non-hydrogen) atoms. The minimum atomic E-state index is -1.07. The van der Waals surface area contributed by atoms with Gasteiger partial charge in [0.2, 0.25) is 0 Å². The Kier molecular flexibility index (Phi) is 3.79. The Morgan fingerprint density at radius 1 is 1.33 bits per heavy atom. The lowest BCUT2D eigenvalue weighted by atomic mass is 10.1. The van der Waals surface area contributed by atoms with Crippen LogP contribution in [0.3, 0.4) is 0 Å². The van der Waals surface area contributed by atoms with Crippen molar-refractivity contribution >= 4 is 34.9 Å². The highest BCUT2D eigenvalue weighted by atomic mass is 35.5. The first-order valence-corrected chi connectivity index (χ1v) is 5.82. The molecule has 2 rings (SSSR count). The number of rotatable bonds is 4. The minimum Gasteiger partial charge on any atom is -0.478 e. The molecule has 1 aromatic carbocycles. The molecule has 2 aromatic rings. The number of furan rings is 1. The van der Waals surface area contributed by atoms with E-state index in [1.54, 1.807) is 18.4 Å². The summed E-state index contributed by atoms with van der Waals surface area (Å²) in [6.45, 7) is 0.366. The van der Waals surface area contributed by atoms with Crippen molar-refractivity contribution < 1.29 is 14.3 Å². The van der Waals surface area contributed by atoms with Crippen molar-refractivity contribution in [2.45, 2.75) is 6.54 Å². The second-order valence-corrected chi connectivity index (χ2v) is 4.36. The minimum absolute atomic E-state index is 0.0657. The fourth-order valence-electron chi connectivity index (χ4n) is 1.47. The van der Waals surface area contributed by atoms with Crippen LogP contribution in [0.5, 0.6) is 0 Å². The third-order valence-electron chi connectivity index (χ3n) is 2.32. The van der Waals surface area contributed by atoms with Gasteiger partial charge in [-0.1, -0.05) is 23.2 Å². The molecular formula is C12H9Cl2NO3. The van der Waals surface area contributed by atoms with E-state index in [4.69, 9.17) is 32.7 Å². The third kappa shape index (κ3) is 2.78. The van der Waals surface area contributed by atoms with Crippen LogP contribution in [0, 0.1) is 0 Å². The van der Waals surface area contributed by atoms with Gasteiger partial charge >= 0.3 is 5.97 Å². The van der Waals surface area contributed by atoms with E-state index in [2.05, 4.69) is 5.32 Å². The second kappa shape index (κ2) is 5.33. The standard InChI is InChI=1S/C12H9Cl2NO3/c13-9-4-8(12(16)17)11(5-10(9)14)15-6-7-2-1-3-18-7/h1-5,15H,6H2,(H,16,17). The van der Waals surface area contributed by atoms with Gasteiger partial charge in [0.1, 0.15) is 5.76 Å². The van der Waals surface area contributed by atoms with Crippen LogP contribution < -0.4 is 5.32 Å². The summed E-state index contributed by atoms with van der Waals surface area (Å²) >= 11 is 11.7. The van der Waals surface area contributed by atoms with Crippen LogP contribution in [0.25, 0.3) is 0 Å². The van der Waals surface area contributed by atoms with E-state index >= 15 is 0 Å². The summed E-state index contributed by atoms with van der Waals surface area (Å²) in [6, 6.07) is 6.34. The number of hydrogen-bond donors (Lipinski definition) is 2. The fourth-order valence-corrected chi connectivity index (χ4v) is 1.79. The molecule has 0 fully saturated rings. The van der Waals surface area contributed by atoms with Gasteiger partial charge in [-0.3, -0.25) is 0 Å².